The minimum atomic E-state index is -0.593. The zero-order valence-corrected chi connectivity index (χ0v) is 18.7. The lowest BCUT2D eigenvalue weighted by Crippen LogP contribution is -2.56. The van der Waals surface area contributed by atoms with E-state index in [1.165, 1.54) is 0 Å². The Morgan fingerprint density at radius 2 is 1.34 bits per heavy atom. The summed E-state index contributed by atoms with van der Waals surface area (Å²) >= 11 is 0. The highest BCUT2D eigenvalue weighted by Crippen LogP contribution is 2.22. The molecule has 1 atom stereocenters. The second kappa shape index (κ2) is 9.22. The molecule has 1 unspecified atom stereocenters. The average molecular weight is 412 g/mol. The molecule has 2 fully saturated rings. The van der Waals surface area contributed by atoms with E-state index in [2.05, 4.69) is 5.32 Å². The summed E-state index contributed by atoms with van der Waals surface area (Å²) < 4.78 is 10.9. The quantitative estimate of drug-likeness (QED) is 0.753. The molecule has 0 spiro atoms. The topological polar surface area (TPSA) is 88.2 Å². The third-order valence-corrected chi connectivity index (χ3v) is 4.93. The molecule has 0 aliphatic carbocycles. The lowest BCUT2D eigenvalue weighted by atomic mass is 10.00. The van der Waals surface area contributed by atoms with E-state index in [0.717, 1.165) is 12.8 Å². The summed E-state index contributed by atoms with van der Waals surface area (Å²) in [5, 5.41) is 3.08. The van der Waals surface area contributed by atoms with E-state index in [-0.39, 0.29) is 18.0 Å². The van der Waals surface area contributed by atoms with E-state index in [1.807, 2.05) is 41.5 Å². The smallest absolute Gasteiger partial charge is 0.410 e. The second-order valence-electron chi connectivity index (χ2n) is 9.94. The van der Waals surface area contributed by atoms with E-state index in [0.29, 0.717) is 38.9 Å². The van der Waals surface area contributed by atoms with Crippen molar-refractivity contribution in [1.29, 1.82) is 0 Å². The lowest BCUT2D eigenvalue weighted by molar-refractivity contribution is -0.128. The fourth-order valence-corrected chi connectivity index (χ4v) is 3.57. The van der Waals surface area contributed by atoms with Crippen LogP contribution in [-0.2, 0) is 14.3 Å². The van der Waals surface area contributed by atoms with Gasteiger partial charge in [-0.05, 0) is 73.6 Å². The van der Waals surface area contributed by atoms with E-state index in [1.54, 1.807) is 9.80 Å². The van der Waals surface area contributed by atoms with Crippen LogP contribution in [0.1, 0.15) is 73.6 Å². The molecule has 166 valence electrons. The predicted octanol–water partition coefficient (Wildman–Crippen LogP) is 3.29. The molecule has 2 rings (SSSR count). The van der Waals surface area contributed by atoms with Gasteiger partial charge in [0.15, 0.2) is 0 Å². The molecule has 2 heterocycles. The van der Waals surface area contributed by atoms with Crippen LogP contribution in [0.15, 0.2) is 0 Å². The number of amides is 3. The van der Waals surface area contributed by atoms with Crippen LogP contribution >= 0.6 is 0 Å². The van der Waals surface area contributed by atoms with Gasteiger partial charge in [0.05, 0.1) is 0 Å². The van der Waals surface area contributed by atoms with Crippen molar-refractivity contribution >= 4 is 18.1 Å². The minimum Gasteiger partial charge on any atom is -0.444 e. The second-order valence-corrected chi connectivity index (χ2v) is 9.94. The van der Waals surface area contributed by atoms with Crippen molar-refractivity contribution in [2.75, 3.05) is 19.6 Å². The van der Waals surface area contributed by atoms with Crippen molar-refractivity contribution in [3.05, 3.63) is 0 Å². The van der Waals surface area contributed by atoms with Crippen LogP contribution in [0, 0.1) is 0 Å². The fourth-order valence-electron chi connectivity index (χ4n) is 3.57. The van der Waals surface area contributed by atoms with Gasteiger partial charge in [0.1, 0.15) is 17.2 Å². The third kappa shape index (κ3) is 7.40. The molecule has 0 saturated carbocycles. The van der Waals surface area contributed by atoms with Gasteiger partial charge < -0.3 is 19.7 Å². The molecule has 3 amide bonds. The maximum atomic E-state index is 12.9. The first kappa shape index (κ1) is 23.3. The molecule has 0 bridgehead atoms. The zero-order valence-electron chi connectivity index (χ0n) is 18.7. The minimum absolute atomic E-state index is 0.0106. The van der Waals surface area contributed by atoms with Gasteiger partial charge in [-0.2, -0.15) is 0 Å². The predicted molar refractivity (Wildman–Crippen MR) is 110 cm³/mol. The summed E-state index contributed by atoms with van der Waals surface area (Å²) in [6, 6.07) is -0.508. The van der Waals surface area contributed by atoms with E-state index >= 15 is 0 Å². The number of nitrogens with zero attached hydrogens (tertiary/aromatic N) is 2. The average Bonchev–Trinajstić information content (AvgIpc) is 2.59. The molecular formula is C21H37N3O5. The zero-order chi connectivity index (χ0) is 21.8. The van der Waals surface area contributed by atoms with Gasteiger partial charge in [-0.3, -0.25) is 9.69 Å². The Hall–Kier alpha value is -1.99. The third-order valence-electron chi connectivity index (χ3n) is 4.93. The Bertz CT molecular complexity index is 600. The number of carbonyl (C=O) groups is 3. The van der Waals surface area contributed by atoms with Crippen molar-refractivity contribution in [1.82, 2.24) is 15.1 Å². The van der Waals surface area contributed by atoms with Crippen molar-refractivity contribution in [3.8, 4) is 0 Å². The fraction of sp³-hybridized carbons (Fsp3) is 0.857. The van der Waals surface area contributed by atoms with Gasteiger partial charge in [0, 0.05) is 25.7 Å². The van der Waals surface area contributed by atoms with Crippen molar-refractivity contribution in [3.63, 3.8) is 0 Å². The van der Waals surface area contributed by atoms with Gasteiger partial charge in [-0.25, -0.2) is 9.59 Å². The van der Waals surface area contributed by atoms with Gasteiger partial charge in [-0.15, -0.1) is 0 Å². The number of ether oxygens (including phenoxy) is 2. The first-order valence-electron chi connectivity index (χ1n) is 10.6. The monoisotopic (exact) mass is 411 g/mol. The molecule has 0 radical (unpaired) electrons. The Labute approximate surface area is 174 Å². The number of piperidine rings is 2. The summed E-state index contributed by atoms with van der Waals surface area (Å²) in [7, 11) is 0. The summed E-state index contributed by atoms with van der Waals surface area (Å²) in [6.45, 7) is 12.6. The molecule has 8 heteroatoms. The lowest BCUT2D eigenvalue weighted by Gasteiger charge is -2.38. The Balaban J connectivity index is 1.87. The van der Waals surface area contributed by atoms with Gasteiger partial charge in [0.2, 0.25) is 5.91 Å². The molecule has 2 aliphatic heterocycles. The summed E-state index contributed by atoms with van der Waals surface area (Å²) in [6.07, 6.45) is 3.02. The normalized spacial score (nSPS) is 21.5. The van der Waals surface area contributed by atoms with E-state index in [4.69, 9.17) is 9.47 Å². The van der Waals surface area contributed by atoms with Crippen LogP contribution in [0.2, 0.25) is 0 Å². The Morgan fingerprint density at radius 3 is 1.90 bits per heavy atom. The molecule has 29 heavy (non-hydrogen) atoms. The van der Waals surface area contributed by atoms with Crippen LogP contribution in [0.4, 0.5) is 9.59 Å². The maximum Gasteiger partial charge on any atom is 0.410 e. The number of likely N-dealkylation sites (tertiary alicyclic amines) is 2. The Kier molecular flexibility index (Phi) is 7.40. The highest BCUT2D eigenvalue weighted by molar-refractivity contribution is 5.86. The number of nitrogens with one attached hydrogen (secondary N) is 1. The van der Waals surface area contributed by atoms with Gasteiger partial charge in [-0.1, -0.05) is 0 Å². The van der Waals surface area contributed by atoms with Crippen molar-refractivity contribution in [2.24, 2.45) is 0 Å². The number of carbonyl (C=O) groups excluding carboxylic acids is 3. The van der Waals surface area contributed by atoms with E-state index < -0.39 is 23.3 Å². The molecule has 2 aliphatic rings. The summed E-state index contributed by atoms with van der Waals surface area (Å²) in [4.78, 5) is 40.8. The number of rotatable bonds is 2. The van der Waals surface area contributed by atoms with Crippen LogP contribution in [-0.4, -0.2) is 70.8 Å². The van der Waals surface area contributed by atoms with Crippen LogP contribution < -0.4 is 5.32 Å². The molecule has 0 aromatic rings. The van der Waals surface area contributed by atoms with Crippen LogP contribution in [0.5, 0.6) is 0 Å². The maximum absolute atomic E-state index is 12.9. The van der Waals surface area contributed by atoms with Crippen molar-refractivity contribution < 1.29 is 23.9 Å². The summed E-state index contributed by atoms with van der Waals surface area (Å²) in [5.41, 5.74) is -1.11. The largest absolute Gasteiger partial charge is 0.444 e. The first-order chi connectivity index (χ1) is 13.4. The molecule has 0 aromatic carbocycles. The molecule has 8 nitrogen and oxygen atoms in total. The van der Waals surface area contributed by atoms with Gasteiger partial charge >= 0.3 is 12.2 Å². The Morgan fingerprint density at radius 1 is 0.793 bits per heavy atom. The highest BCUT2D eigenvalue weighted by Gasteiger charge is 2.36. The number of hydrogen-bond acceptors (Lipinski definition) is 5. The standard InChI is InChI=1S/C21H37N3O5/c1-20(2,3)28-18(26)23-13-10-15(11-14-23)22-17(25)16-9-7-8-12-24(16)19(27)29-21(4,5)6/h15-16H,7-14H2,1-6H3,(H,22,25). The van der Waals surface area contributed by atoms with E-state index in [9.17, 15) is 14.4 Å². The number of hydrogen-bond donors (Lipinski definition) is 1. The van der Waals surface area contributed by atoms with Crippen LogP contribution in [0.25, 0.3) is 0 Å². The molecule has 1 N–H and O–H groups in total. The molecule has 2 saturated heterocycles. The molecular weight excluding hydrogens is 374 g/mol. The van der Waals surface area contributed by atoms with Crippen LogP contribution in [0.3, 0.4) is 0 Å². The summed E-state index contributed by atoms with van der Waals surface area (Å²) in [5.74, 6) is -0.133. The van der Waals surface area contributed by atoms with Gasteiger partial charge in [0.25, 0.3) is 0 Å². The van der Waals surface area contributed by atoms with Crippen molar-refractivity contribution in [2.45, 2.75) is 96.9 Å². The SMILES string of the molecule is CC(C)(C)OC(=O)N1CCC(NC(=O)C2CCCCN2C(=O)OC(C)(C)C)CC1. The molecule has 0 aromatic heterocycles. The first-order valence-corrected chi connectivity index (χ1v) is 10.6. The highest BCUT2D eigenvalue weighted by atomic mass is 16.6.